The summed E-state index contributed by atoms with van der Waals surface area (Å²) < 4.78 is 0. The number of hydrogen-bond donors (Lipinski definition) is 2. The van der Waals surface area contributed by atoms with Crippen molar-refractivity contribution in [1.82, 2.24) is 5.32 Å². The van der Waals surface area contributed by atoms with Crippen LogP contribution < -0.4 is 11.1 Å². The molecule has 4 heteroatoms. The minimum absolute atomic E-state index is 0.0971. The maximum absolute atomic E-state index is 12.5. The van der Waals surface area contributed by atoms with Crippen molar-refractivity contribution in [2.45, 2.75) is 6.92 Å². The number of ketones is 1. The van der Waals surface area contributed by atoms with E-state index in [1.165, 1.54) is 6.92 Å². The van der Waals surface area contributed by atoms with Crippen LogP contribution in [0.25, 0.3) is 5.70 Å². The highest BCUT2D eigenvalue weighted by Crippen LogP contribution is 2.16. The van der Waals surface area contributed by atoms with Gasteiger partial charge in [0.1, 0.15) is 5.70 Å². The number of hydrogen-bond acceptors (Lipinski definition) is 3. The zero-order valence-electron chi connectivity index (χ0n) is 11.7. The van der Waals surface area contributed by atoms with Crippen molar-refractivity contribution in [2.24, 2.45) is 5.73 Å². The summed E-state index contributed by atoms with van der Waals surface area (Å²) in [5, 5.41) is 2.54. The molecule has 2 aromatic carbocycles. The molecule has 1 amide bonds. The van der Waals surface area contributed by atoms with Crippen molar-refractivity contribution >= 4 is 17.4 Å². The van der Waals surface area contributed by atoms with E-state index in [0.717, 1.165) is 0 Å². The number of Topliss-reactive ketones (excluding diaryl/α,β-unsaturated/α-hetero) is 1. The van der Waals surface area contributed by atoms with Gasteiger partial charge < -0.3 is 11.1 Å². The fourth-order valence-electron chi connectivity index (χ4n) is 1.92. The first kappa shape index (κ1) is 14.5. The minimum Gasteiger partial charge on any atom is -0.396 e. The van der Waals surface area contributed by atoms with Gasteiger partial charge in [-0.1, -0.05) is 60.7 Å². The lowest BCUT2D eigenvalue weighted by molar-refractivity contribution is -0.118. The van der Waals surface area contributed by atoms with E-state index in [1.807, 2.05) is 24.3 Å². The molecule has 4 nitrogen and oxygen atoms in total. The summed E-state index contributed by atoms with van der Waals surface area (Å²) >= 11 is 0. The molecule has 2 rings (SSSR count). The van der Waals surface area contributed by atoms with E-state index < -0.39 is 0 Å². The number of allylic oxidation sites excluding steroid dienone is 1. The molecule has 0 saturated carbocycles. The smallest absolute Gasteiger partial charge is 0.221 e. The molecule has 0 aliphatic carbocycles. The van der Waals surface area contributed by atoms with Gasteiger partial charge in [-0.2, -0.15) is 0 Å². The molecule has 2 aromatic rings. The van der Waals surface area contributed by atoms with Gasteiger partial charge in [-0.05, 0) is 5.56 Å². The van der Waals surface area contributed by atoms with Crippen LogP contribution in [-0.2, 0) is 4.79 Å². The van der Waals surface area contributed by atoms with Gasteiger partial charge in [-0.25, -0.2) is 0 Å². The SMILES string of the molecule is CC(=O)N/C(C(=O)c1ccccc1)=C(\N)c1ccccc1. The summed E-state index contributed by atoms with van der Waals surface area (Å²) in [6, 6.07) is 17.8. The van der Waals surface area contributed by atoms with Crippen LogP contribution in [0.1, 0.15) is 22.8 Å². The van der Waals surface area contributed by atoms with Crippen LogP contribution in [0.5, 0.6) is 0 Å². The summed E-state index contributed by atoms with van der Waals surface area (Å²) in [6.45, 7) is 1.34. The molecule has 106 valence electrons. The standard InChI is InChI=1S/C17H16N2O2/c1-12(20)19-16(15(18)13-8-4-2-5-9-13)17(21)14-10-6-3-7-11-14/h2-11H,18H2,1H3,(H,19,20)/b16-15-. The van der Waals surface area contributed by atoms with E-state index in [0.29, 0.717) is 11.1 Å². The number of nitrogens with one attached hydrogen (secondary N) is 1. The van der Waals surface area contributed by atoms with E-state index in [2.05, 4.69) is 5.32 Å². The molecule has 3 N–H and O–H groups in total. The molecule has 21 heavy (non-hydrogen) atoms. The second-order valence-corrected chi connectivity index (χ2v) is 4.53. The summed E-state index contributed by atoms with van der Waals surface area (Å²) in [4.78, 5) is 23.9. The summed E-state index contributed by atoms with van der Waals surface area (Å²) in [6.07, 6.45) is 0. The number of amides is 1. The Morgan fingerprint density at radius 2 is 1.33 bits per heavy atom. The Hall–Kier alpha value is -2.88. The lowest BCUT2D eigenvalue weighted by Gasteiger charge is -2.12. The number of carbonyl (C=O) groups excluding carboxylic acids is 2. The van der Waals surface area contributed by atoms with E-state index in [9.17, 15) is 9.59 Å². The van der Waals surface area contributed by atoms with Crippen LogP contribution >= 0.6 is 0 Å². The Morgan fingerprint density at radius 3 is 1.81 bits per heavy atom. The van der Waals surface area contributed by atoms with Gasteiger partial charge in [-0.15, -0.1) is 0 Å². The summed E-state index contributed by atoms with van der Waals surface area (Å²) in [7, 11) is 0. The quantitative estimate of drug-likeness (QED) is 0.667. The first-order valence-corrected chi connectivity index (χ1v) is 6.52. The van der Waals surface area contributed by atoms with Crippen LogP contribution in [0.4, 0.5) is 0 Å². The zero-order chi connectivity index (χ0) is 15.2. The highest BCUT2D eigenvalue weighted by Gasteiger charge is 2.17. The fourth-order valence-corrected chi connectivity index (χ4v) is 1.92. The second-order valence-electron chi connectivity index (χ2n) is 4.53. The predicted molar refractivity (Wildman–Crippen MR) is 82.1 cm³/mol. The first-order valence-electron chi connectivity index (χ1n) is 6.52. The van der Waals surface area contributed by atoms with Gasteiger partial charge in [0, 0.05) is 12.5 Å². The van der Waals surface area contributed by atoms with E-state index in [4.69, 9.17) is 5.73 Å². The van der Waals surface area contributed by atoms with Crippen LogP contribution in [0, 0.1) is 0 Å². The van der Waals surface area contributed by atoms with Gasteiger partial charge in [0.15, 0.2) is 0 Å². The van der Waals surface area contributed by atoms with Crippen molar-refractivity contribution < 1.29 is 9.59 Å². The molecule has 0 unspecified atom stereocenters. The van der Waals surface area contributed by atoms with E-state index in [-0.39, 0.29) is 23.1 Å². The molecule has 0 bridgehead atoms. The topological polar surface area (TPSA) is 72.2 Å². The molecule has 0 spiro atoms. The average Bonchev–Trinajstić information content (AvgIpc) is 2.53. The minimum atomic E-state index is -0.340. The summed E-state index contributed by atoms with van der Waals surface area (Å²) in [5.74, 6) is -0.652. The highest BCUT2D eigenvalue weighted by atomic mass is 16.2. The van der Waals surface area contributed by atoms with Crippen molar-refractivity contribution in [3.8, 4) is 0 Å². The lowest BCUT2D eigenvalue weighted by Crippen LogP contribution is -2.28. The van der Waals surface area contributed by atoms with Crippen molar-refractivity contribution in [1.29, 1.82) is 0 Å². The molecular formula is C17H16N2O2. The molecule has 0 saturated heterocycles. The average molecular weight is 280 g/mol. The monoisotopic (exact) mass is 280 g/mol. The summed E-state index contributed by atoms with van der Waals surface area (Å²) in [5.41, 5.74) is 7.57. The molecule has 0 radical (unpaired) electrons. The van der Waals surface area contributed by atoms with Crippen LogP contribution in [0.2, 0.25) is 0 Å². The van der Waals surface area contributed by atoms with Gasteiger partial charge in [0.25, 0.3) is 0 Å². The zero-order valence-corrected chi connectivity index (χ0v) is 11.7. The molecular weight excluding hydrogens is 264 g/mol. The van der Waals surface area contributed by atoms with Crippen LogP contribution in [-0.4, -0.2) is 11.7 Å². The van der Waals surface area contributed by atoms with Crippen LogP contribution in [0.3, 0.4) is 0 Å². The Balaban J connectivity index is 2.48. The normalized spacial score (nSPS) is 11.5. The maximum atomic E-state index is 12.5. The molecule has 0 aliphatic heterocycles. The van der Waals surface area contributed by atoms with E-state index >= 15 is 0 Å². The molecule has 0 fully saturated rings. The predicted octanol–water partition coefficient (Wildman–Crippen LogP) is 2.33. The number of rotatable bonds is 4. The Kier molecular flexibility index (Phi) is 4.51. The van der Waals surface area contributed by atoms with Gasteiger partial charge >= 0.3 is 0 Å². The Labute approximate surface area is 123 Å². The lowest BCUT2D eigenvalue weighted by atomic mass is 10.0. The third-order valence-electron chi connectivity index (χ3n) is 2.92. The Morgan fingerprint density at radius 1 is 0.857 bits per heavy atom. The third-order valence-corrected chi connectivity index (χ3v) is 2.92. The number of nitrogens with two attached hydrogens (primary N) is 1. The second kappa shape index (κ2) is 6.52. The molecule has 0 atom stereocenters. The van der Waals surface area contributed by atoms with Crippen molar-refractivity contribution in [2.75, 3.05) is 0 Å². The molecule has 0 aliphatic rings. The van der Waals surface area contributed by atoms with Crippen molar-refractivity contribution in [3.63, 3.8) is 0 Å². The van der Waals surface area contributed by atoms with Crippen molar-refractivity contribution in [3.05, 3.63) is 77.5 Å². The van der Waals surface area contributed by atoms with Gasteiger partial charge in [0.05, 0.1) is 5.70 Å². The highest BCUT2D eigenvalue weighted by molar-refractivity contribution is 6.14. The third kappa shape index (κ3) is 3.57. The molecule has 0 aromatic heterocycles. The molecule has 0 heterocycles. The maximum Gasteiger partial charge on any atom is 0.221 e. The fraction of sp³-hybridized carbons (Fsp3) is 0.0588. The number of carbonyl (C=O) groups is 2. The number of benzene rings is 2. The van der Waals surface area contributed by atoms with Crippen LogP contribution in [0.15, 0.2) is 66.4 Å². The Bertz CT molecular complexity index is 676. The largest absolute Gasteiger partial charge is 0.396 e. The first-order chi connectivity index (χ1) is 10.1. The van der Waals surface area contributed by atoms with E-state index in [1.54, 1.807) is 36.4 Å². The van der Waals surface area contributed by atoms with Gasteiger partial charge in [-0.3, -0.25) is 9.59 Å². The van der Waals surface area contributed by atoms with Gasteiger partial charge in [0.2, 0.25) is 11.7 Å².